The molecule has 2 nitrogen and oxygen atoms in total. The van der Waals surface area contributed by atoms with Gasteiger partial charge in [-0.05, 0) is 0 Å². The van der Waals surface area contributed by atoms with Gasteiger partial charge in [-0.1, -0.05) is 0 Å². The van der Waals surface area contributed by atoms with Crippen LogP contribution in [0.15, 0.2) is 0 Å². The average molecular weight is 141 g/mol. The van der Waals surface area contributed by atoms with Crippen LogP contribution in [0.1, 0.15) is 0 Å². The van der Waals surface area contributed by atoms with Crippen molar-refractivity contribution in [2.75, 3.05) is 11.0 Å². The molecule has 0 heterocycles. The molecule has 0 aliphatic rings. The van der Waals surface area contributed by atoms with Crippen LogP contribution < -0.4 is 0 Å². The van der Waals surface area contributed by atoms with Gasteiger partial charge in [-0.15, -0.1) is 0 Å². The van der Waals surface area contributed by atoms with E-state index in [4.69, 9.17) is 10.2 Å². The maximum absolute atomic E-state index is 7.93. The molecule has 0 fully saturated rings. The monoisotopic (exact) mass is 142 g/mol. The van der Waals surface area contributed by atoms with Crippen LogP contribution in [0.3, 0.4) is 0 Å². The molecule has 0 unspecified atom stereocenters. The summed E-state index contributed by atoms with van der Waals surface area (Å²) in [5.74, 6) is 0. The van der Waals surface area contributed by atoms with Gasteiger partial charge in [0.1, 0.15) is 0 Å². The van der Waals surface area contributed by atoms with Gasteiger partial charge in [-0.3, -0.25) is 0 Å². The number of aliphatic hydroxyl groups excluding tert-OH is 2. The number of aliphatic hydroxyl groups is 2. The molecule has 0 aromatic heterocycles. The first-order valence-electron chi connectivity index (χ1n) is 1.21. The zero-order chi connectivity index (χ0) is 4.12. The Morgan fingerprint density at radius 1 is 1.20 bits per heavy atom. The van der Waals surface area contributed by atoms with Gasteiger partial charge in [0.15, 0.2) is 0 Å². The van der Waals surface area contributed by atoms with E-state index >= 15 is 0 Å². The number of hydrogen-bond donors (Lipinski definition) is 2. The molecule has 5 heavy (non-hydrogen) atoms. The third-order valence-electron chi connectivity index (χ3n) is 0.183. The molecule has 0 amide bonds. The van der Waals surface area contributed by atoms with Crippen LogP contribution in [-0.2, 0) is 0 Å². The zero-order valence-electron chi connectivity index (χ0n) is 2.72. The van der Waals surface area contributed by atoms with Crippen molar-refractivity contribution >= 4 is 15.0 Å². The van der Waals surface area contributed by atoms with Gasteiger partial charge in [-0.2, -0.15) is 0 Å². The van der Waals surface area contributed by atoms with Crippen molar-refractivity contribution in [3.8, 4) is 0 Å². The van der Waals surface area contributed by atoms with Crippen molar-refractivity contribution in [2.45, 2.75) is 0 Å². The summed E-state index contributed by atoms with van der Waals surface area (Å²) in [4.78, 5) is 0. The van der Waals surface area contributed by atoms with Gasteiger partial charge < -0.3 is 0 Å². The van der Waals surface area contributed by atoms with Crippen LogP contribution >= 0.6 is 0 Å². The van der Waals surface area contributed by atoms with E-state index in [1.54, 1.807) is 0 Å². The molecule has 0 spiro atoms. The summed E-state index contributed by atoms with van der Waals surface area (Å²) in [5, 5.41) is 15.9. The summed E-state index contributed by atoms with van der Waals surface area (Å²) in [6.07, 6.45) is 0. The summed E-state index contributed by atoms with van der Waals surface area (Å²) < 4.78 is 0. The summed E-state index contributed by atoms with van der Waals surface area (Å²) in [5.41, 5.74) is 0.312. The first-order chi connectivity index (χ1) is 2.41. The fourth-order valence-electron chi connectivity index (χ4n) is 0.0408. The van der Waals surface area contributed by atoms with Crippen molar-refractivity contribution < 1.29 is 10.2 Å². The molecular weight excluding hydrogens is 135 g/mol. The van der Waals surface area contributed by atoms with Gasteiger partial charge in [-0.25, -0.2) is 0 Å². The molecule has 0 aromatic rings. The predicted molar refractivity (Wildman–Crippen MR) is 19.9 cm³/mol. The number of rotatable bonds is 2. The fraction of sp³-hybridized carbons (Fsp3) is 1.00. The van der Waals surface area contributed by atoms with E-state index in [1.807, 2.05) is 0 Å². The van der Waals surface area contributed by atoms with Crippen molar-refractivity contribution in [3.05, 3.63) is 0 Å². The van der Waals surface area contributed by atoms with Crippen molar-refractivity contribution in [2.24, 2.45) is 0 Å². The molecule has 0 bridgehead atoms. The molecule has 3 heteroatoms. The van der Waals surface area contributed by atoms with Crippen LogP contribution in [0.4, 0.5) is 0 Å². The SMILES string of the molecule is OC[Se]CO. The van der Waals surface area contributed by atoms with Gasteiger partial charge >= 0.3 is 36.2 Å². The molecule has 0 saturated carbocycles. The van der Waals surface area contributed by atoms with Gasteiger partial charge in [0.2, 0.25) is 0 Å². The molecule has 0 atom stereocenters. The Morgan fingerprint density at radius 2 is 1.60 bits per heavy atom. The quantitative estimate of drug-likeness (QED) is 0.464. The van der Waals surface area contributed by atoms with Gasteiger partial charge in [0, 0.05) is 0 Å². The molecule has 2 N–H and O–H groups in total. The van der Waals surface area contributed by atoms with E-state index in [1.165, 1.54) is 0 Å². The van der Waals surface area contributed by atoms with Gasteiger partial charge in [0.05, 0.1) is 0 Å². The molecule has 0 aliphatic heterocycles. The first kappa shape index (κ1) is 5.44. The molecule has 0 aliphatic carbocycles. The minimum atomic E-state index is 0.0694. The Labute approximate surface area is 37.0 Å². The Kier molecular flexibility index (Phi) is 4.83. The predicted octanol–water partition coefficient (Wildman–Crippen LogP) is -1.41. The standard InChI is InChI=1S/C2H6O2Se/c3-1-5-2-4/h3-4H,1-2H2. The summed E-state index contributed by atoms with van der Waals surface area (Å²) in [7, 11) is 0. The Balaban J connectivity index is 2.19. The second-order valence-electron chi connectivity index (χ2n) is 0.462. The van der Waals surface area contributed by atoms with Crippen molar-refractivity contribution in [1.82, 2.24) is 0 Å². The van der Waals surface area contributed by atoms with E-state index in [0.717, 1.165) is 0 Å². The molecule has 0 saturated heterocycles. The molecular formula is C2H6O2Se. The summed E-state index contributed by atoms with van der Waals surface area (Å²) in [6, 6.07) is 0. The van der Waals surface area contributed by atoms with E-state index in [-0.39, 0.29) is 26.0 Å². The fourth-order valence-corrected chi connectivity index (χ4v) is 0.212. The molecule has 0 aromatic carbocycles. The summed E-state index contributed by atoms with van der Waals surface area (Å²) in [6.45, 7) is 0. The van der Waals surface area contributed by atoms with Crippen LogP contribution in [-0.4, -0.2) is 36.2 Å². The second-order valence-corrected chi connectivity index (χ2v) is 2.40. The minimum absolute atomic E-state index is 0.0694. The Morgan fingerprint density at radius 3 is 1.60 bits per heavy atom. The molecule has 32 valence electrons. The normalized spacial score (nSPS) is 8.40. The van der Waals surface area contributed by atoms with Crippen LogP contribution in [0.2, 0.25) is 0 Å². The van der Waals surface area contributed by atoms with Crippen molar-refractivity contribution in [1.29, 1.82) is 0 Å². The van der Waals surface area contributed by atoms with Crippen LogP contribution in [0.25, 0.3) is 0 Å². The molecule has 0 radical (unpaired) electrons. The average Bonchev–Trinajstić information content (AvgIpc) is 1.41. The maximum atomic E-state index is 7.93. The third kappa shape index (κ3) is 4.44. The third-order valence-corrected chi connectivity index (χ3v) is 0.949. The van der Waals surface area contributed by atoms with E-state index in [0.29, 0.717) is 0 Å². The topological polar surface area (TPSA) is 40.5 Å². The van der Waals surface area contributed by atoms with Crippen LogP contribution in [0, 0.1) is 0 Å². The van der Waals surface area contributed by atoms with E-state index in [9.17, 15) is 0 Å². The van der Waals surface area contributed by atoms with E-state index < -0.39 is 0 Å². The van der Waals surface area contributed by atoms with Gasteiger partial charge in [0.25, 0.3) is 0 Å². The Hall–Kier alpha value is 0.439. The van der Waals surface area contributed by atoms with Crippen molar-refractivity contribution in [3.63, 3.8) is 0 Å². The summed E-state index contributed by atoms with van der Waals surface area (Å²) >= 11 is 0.0694. The second kappa shape index (κ2) is 4.44. The Bertz CT molecular complexity index is 15.1. The van der Waals surface area contributed by atoms with Crippen LogP contribution in [0.5, 0.6) is 0 Å². The van der Waals surface area contributed by atoms with E-state index in [2.05, 4.69) is 0 Å². The molecule has 0 rings (SSSR count). The number of hydrogen-bond acceptors (Lipinski definition) is 2. The first-order valence-corrected chi connectivity index (χ1v) is 3.63. The zero-order valence-corrected chi connectivity index (χ0v) is 4.43.